The highest BCUT2D eigenvalue weighted by atomic mass is 16.5. The van der Waals surface area contributed by atoms with E-state index >= 15 is 0 Å². The van der Waals surface area contributed by atoms with Crippen molar-refractivity contribution in [2.24, 2.45) is 23.7 Å². The van der Waals surface area contributed by atoms with Crippen LogP contribution in [0.4, 0.5) is 5.69 Å². The maximum absolute atomic E-state index is 14.0. The predicted octanol–water partition coefficient (Wildman–Crippen LogP) is 3.07. The molecule has 1 aliphatic heterocycles. The van der Waals surface area contributed by atoms with Gasteiger partial charge in [-0.25, -0.2) is 0 Å². The lowest BCUT2D eigenvalue weighted by atomic mass is 9.70. The summed E-state index contributed by atoms with van der Waals surface area (Å²) in [6, 6.07) is 14.9. The number of rotatable bonds is 9. The summed E-state index contributed by atoms with van der Waals surface area (Å²) in [4.78, 5) is 42.3. The molecule has 196 valence electrons. The third-order valence-corrected chi connectivity index (χ3v) is 7.31. The molecule has 2 N–H and O–H groups in total. The van der Waals surface area contributed by atoms with Gasteiger partial charge in [0, 0.05) is 11.6 Å². The van der Waals surface area contributed by atoms with E-state index in [1.54, 1.807) is 38.3 Å². The lowest BCUT2D eigenvalue weighted by Crippen LogP contribution is -2.51. The molecular formula is C29H34N2O6. The Labute approximate surface area is 217 Å². The number of anilines is 1. The van der Waals surface area contributed by atoms with Crippen molar-refractivity contribution in [2.75, 3.05) is 25.6 Å². The fourth-order valence-electron chi connectivity index (χ4n) is 5.56. The first-order valence-electron chi connectivity index (χ1n) is 12.7. The van der Waals surface area contributed by atoms with E-state index < -0.39 is 35.8 Å². The Morgan fingerprint density at radius 3 is 2.41 bits per heavy atom. The lowest BCUT2D eigenvalue weighted by molar-refractivity contribution is -0.155. The highest BCUT2D eigenvalue weighted by molar-refractivity contribution is 6.01. The number of nitrogens with zero attached hydrogens (tertiary/aromatic N) is 1. The normalized spacial score (nSPS) is 25.4. The lowest BCUT2D eigenvalue weighted by Gasteiger charge is -2.33. The van der Waals surface area contributed by atoms with Gasteiger partial charge in [-0.05, 0) is 49.1 Å². The summed E-state index contributed by atoms with van der Waals surface area (Å²) in [5.74, 6) is -2.71. The monoisotopic (exact) mass is 506 g/mol. The Morgan fingerprint density at radius 2 is 1.78 bits per heavy atom. The summed E-state index contributed by atoms with van der Waals surface area (Å²) in [6.45, 7) is 3.49. The Hall–Kier alpha value is -3.65. The molecule has 0 unspecified atom stereocenters. The van der Waals surface area contributed by atoms with Crippen LogP contribution in [-0.2, 0) is 25.5 Å². The third-order valence-electron chi connectivity index (χ3n) is 7.31. The van der Waals surface area contributed by atoms with Gasteiger partial charge in [-0.2, -0.15) is 0 Å². The number of esters is 1. The number of hydrogen-bond donors (Lipinski definition) is 2. The molecule has 2 aromatic rings. The van der Waals surface area contributed by atoms with E-state index in [9.17, 15) is 19.5 Å². The average Bonchev–Trinajstić information content (AvgIpc) is 3.20. The molecule has 8 nitrogen and oxygen atoms in total. The van der Waals surface area contributed by atoms with Crippen LogP contribution in [0.15, 0.2) is 66.7 Å². The van der Waals surface area contributed by atoms with Gasteiger partial charge in [0.15, 0.2) is 0 Å². The van der Waals surface area contributed by atoms with Crippen LogP contribution >= 0.6 is 0 Å². The van der Waals surface area contributed by atoms with Crippen LogP contribution in [0.3, 0.4) is 0 Å². The van der Waals surface area contributed by atoms with Gasteiger partial charge in [-0.1, -0.05) is 49.4 Å². The van der Waals surface area contributed by atoms with Gasteiger partial charge in [0.05, 0.1) is 38.2 Å². The van der Waals surface area contributed by atoms with Crippen LogP contribution in [-0.4, -0.2) is 60.2 Å². The van der Waals surface area contributed by atoms with Crippen molar-refractivity contribution in [2.45, 2.75) is 32.4 Å². The molecule has 0 bridgehead atoms. The minimum Gasteiger partial charge on any atom is -0.497 e. The van der Waals surface area contributed by atoms with Crippen LogP contribution in [0.1, 0.15) is 19.4 Å². The number of methoxy groups -OCH3 is 1. The molecule has 0 saturated carbocycles. The largest absolute Gasteiger partial charge is 0.497 e. The molecule has 0 radical (unpaired) electrons. The minimum absolute atomic E-state index is 0.204. The Bertz CT molecular complexity index is 1130. The first-order valence-corrected chi connectivity index (χ1v) is 12.7. The molecule has 2 amide bonds. The molecule has 2 aromatic carbocycles. The summed E-state index contributed by atoms with van der Waals surface area (Å²) in [7, 11) is 1.56. The molecule has 37 heavy (non-hydrogen) atoms. The molecule has 8 heteroatoms. The van der Waals surface area contributed by atoms with Crippen molar-refractivity contribution in [1.29, 1.82) is 0 Å². The highest BCUT2D eigenvalue weighted by Gasteiger charge is 2.58. The molecule has 0 aromatic heterocycles. The van der Waals surface area contributed by atoms with E-state index in [1.165, 1.54) is 4.90 Å². The number of carbonyl (C=O) groups excluding carboxylic acids is 3. The summed E-state index contributed by atoms with van der Waals surface area (Å²) >= 11 is 0. The van der Waals surface area contributed by atoms with Gasteiger partial charge >= 0.3 is 5.97 Å². The number of amides is 2. The van der Waals surface area contributed by atoms with E-state index in [2.05, 4.69) is 5.32 Å². The Morgan fingerprint density at radius 1 is 1.08 bits per heavy atom. The number of hydrogen-bond acceptors (Lipinski definition) is 6. The van der Waals surface area contributed by atoms with Gasteiger partial charge in [0.2, 0.25) is 11.8 Å². The van der Waals surface area contributed by atoms with Crippen LogP contribution in [0.25, 0.3) is 0 Å². The van der Waals surface area contributed by atoms with E-state index in [0.717, 1.165) is 5.56 Å². The maximum atomic E-state index is 14.0. The predicted molar refractivity (Wildman–Crippen MR) is 139 cm³/mol. The zero-order valence-electron chi connectivity index (χ0n) is 21.4. The maximum Gasteiger partial charge on any atom is 0.310 e. The fourth-order valence-corrected chi connectivity index (χ4v) is 5.56. The van der Waals surface area contributed by atoms with Crippen LogP contribution < -0.4 is 10.1 Å². The molecule has 1 aliphatic carbocycles. The van der Waals surface area contributed by atoms with Gasteiger partial charge < -0.3 is 24.8 Å². The summed E-state index contributed by atoms with van der Waals surface area (Å²) in [5, 5.41) is 13.3. The summed E-state index contributed by atoms with van der Waals surface area (Å²) in [6.07, 6.45) is 4.13. The second-order valence-corrected chi connectivity index (χ2v) is 9.56. The second-order valence-electron chi connectivity index (χ2n) is 9.56. The van der Waals surface area contributed by atoms with Gasteiger partial charge in [0.1, 0.15) is 11.8 Å². The number of allylic oxidation sites excluding steroid dienone is 1. The third kappa shape index (κ3) is 5.39. The molecule has 2 aliphatic rings. The molecule has 1 heterocycles. The van der Waals surface area contributed by atoms with Gasteiger partial charge in [-0.15, -0.1) is 0 Å². The SMILES string of the molecule is CCOC(=O)[C@H]1[C@H]2C(=O)N([C@@H](CO)Cc3ccccc3)[C@H](C(=O)Nc3ccc(OC)cc3)[C@H]2C=C[C@H]1C. The molecule has 0 spiro atoms. The number of benzene rings is 2. The molecular weight excluding hydrogens is 472 g/mol. The number of aliphatic hydroxyl groups is 1. The first-order chi connectivity index (χ1) is 17.9. The van der Waals surface area contributed by atoms with Crippen molar-refractivity contribution in [3.05, 3.63) is 72.3 Å². The topological polar surface area (TPSA) is 105 Å². The molecule has 1 fully saturated rings. The Balaban J connectivity index is 1.71. The zero-order valence-corrected chi connectivity index (χ0v) is 21.4. The van der Waals surface area contributed by atoms with Crippen molar-refractivity contribution >= 4 is 23.5 Å². The average molecular weight is 507 g/mol. The van der Waals surface area contributed by atoms with Crippen LogP contribution in [0.5, 0.6) is 5.75 Å². The summed E-state index contributed by atoms with van der Waals surface area (Å²) in [5.41, 5.74) is 1.49. The van der Waals surface area contributed by atoms with Crippen LogP contribution in [0.2, 0.25) is 0 Å². The smallest absolute Gasteiger partial charge is 0.310 e. The number of fused-ring (bicyclic) bond motifs is 1. The number of nitrogens with one attached hydrogen (secondary N) is 1. The van der Waals surface area contributed by atoms with Crippen molar-refractivity contribution in [3.8, 4) is 5.75 Å². The van der Waals surface area contributed by atoms with Crippen LogP contribution in [0, 0.1) is 23.7 Å². The number of ether oxygens (including phenoxy) is 2. The quantitative estimate of drug-likeness (QED) is 0.400. The highest BCUT2D eigenvalue weighted by Crippen LogP contribution is 2.45. The first kappa shape index (κ1) is 26.4. The fraction of sp³-hybridized carbons (Fsp3) is 0.414. The number of likely N-dealkylation sites (tertiary alicyclic amines) is 1. The zero-order chi connectivity index (χ0) is 26.5. The van der Waals surface area contributed by atoms with E-state index in [0.29, 0.717) is 17.9 Å². The van der Waals surface area contributed by atoms with Crippen molar-refractivity contribution in [1.82, 2.24) is 4.90 Å². The Kier molecular flexibility index (Phi) is 8.28. The molecule has 1 saturated heterocycles. The summed E-state index contributed by atoms with van der Waals surface area (Å²) < 4.78 is 10.5. The van der Waals surface area contributed by atoms with Crippen molar-refractivity contribution < 1.29 is 29.0 Å². The van der Waals surface area contributed by atoms with Gasteiger partial charge in [-0.3, -0.25) is 14.4 Å². The second kappa shape index (κ2) is 11.6. The van der Waals surface area contributed by atoms with E-state index in [4.69, 9.17) is 9.47 Å². The van der Waals surface area contributed by atoms with E-state index in [1.807, 2.05) is 49.4 Å². The van der Waals surface area contributed by atoms with Gasteiger partial charge in [0.25, 0.3) is 0 Å². The number of aliphatic hydroxyl groups excluding tert-OH is 1. The molecule has 4 rings (SSSR count). The molecule has 6 atom stereocenters. The van der Waals surface area contributed by atoms with E-state index in [-0.39, 0.29) is 30.9 Å². The minimum atomic E-state index is -0.902. The number of carbonyl (C=O) groups is 3. The van der Waals surface area contributed by atoms with Crippen molar-refractivity contribution in [3.63, 3.8) is 0 Å². The standard InChI is InChI=1S/C29H34N2O6/c1-4-37-29(35)24-18(2)10-15-23-25(24)28(34)31(21(17-32)16-19-8-6-5-7-9-19)26(23)27(33)30-20-11-13-22(36-3)14-12-20/h5-15,18,21,23-26,32H,4,16-17H2,1-3H3,(H,30,33)/t18-,21-,23+,24-,25+,26+/m1/s1.